The lowest BCUT2D eigenvalue weighted by molar-refractivity contribution is -0.0329. The van der Waals surface area contributed by atoms with Crippen molar-refractivity contribution < 1.29 is 40.4 Å². The number of hydrogen-bond donors (Lipinski definition) is 3. The molecule has 0 aliphatic heterocycles. The minimum Gasteiger partial charge on any atom is -0.506 e. The molecule has 0 unspecified atom stereocenters. The van der Waals surface area contributed by atoms with Crippen LogP contribution >= 0.6 is 23.5 Å². The number of aromatic hydroxyl groups is 1. The molecule has 0 aliphatic rings. The minimum absolute atomic E-state index is 0.0872. The summed E-state index contributed by atoms with van der Waals surface area (Å²) in [6, 6.07) is 21.2. The Morgan fingerprint density at radius 2 is 1.45 bits per heavy atom. The Kier molecular flexibility index (Phi) is 9.71. The number of nitrogens with zero attached hydrogens (tertiary/aromatic N) is 1. The van der Waals surface area contributed by atoms with Crippen LogP contribution < -0.4 is 9.62 Å². The predicted molar refractivity (Wildman–Crippen MR) is 156 cm³/mol. The molecule has 0 heterocycles. The molecule has 0 radical (unpaired) electrons. The van der Waals surface area contributed by atoms with E-state index in [9.17, 15) is 40.4 Å². The summed E-state index contributed by atoms with van der Waals surface area (Å²) in [7, 11) is -4.95. The highest BCUT2D eigenvalue weighted by molar-refractivity contribution is 7.99. The van der Waals surface area contributed by atoms with Gasteiger partial charge in [-0.2, -0.15) is 21.6 Å². The molecule has 14 heteroatoms. The monoisotopic (exact) mass is 638 g/mol. The standard InChI is InChI=1S/C28H22F4N2O5S3/c29-21-7-10-23(11-8-21)34(42(37,38)39)25-15-22(9-14-26(25)35)33-27(36)20-5-12-24(13-6-20)40-16-18-1-3-19(4-2-18)17-41-28(30,31)32/h1-15,35H,16-17H2,(H,33,36)(H,37,38,39). The van der Waals surface area contributed by atoms with Crippen molar-refractivity contribution in [3.63, 3.8) is 0 Å². The molecule has 0 atom stereocenters. The summed E-state index contributed by atoms with van der Waals surface area (Å²) in [5.41, 5.74) is -2.92. The van der Waals surface area contributed by atoms with Gasteiger partial charge in [-0.05, 0) is 89.6 Å². The maximum absolute atomic E-state index is 13.4. The second-order valence-corrected chi connectivity index (χ2v) is 12.1. The van der Waals surface area contributed by atoms with Crippen LogP contribution in [-0.2, 0) is 21.8 Å². The summed E-state index contributed by atoms with van der Waals surface area (Å²) in [5, 5.41) is 12.9. The molecule has 4 rings (SSSR count). The van der Waals surface area contributed by atoms with E-state index in [1.54, 1.807) is 48.5 Å². The number of thioether (sulfide) groups is 2. The highest BCUT2D eigenvalue weighted by Gasteiger charge is 2.28. The number of hydrogen-bond acceptors (Lipinski definition) is 6. The first-order valence-electron chi connectivity index (χ1n) is 12.0. The Labute approximate surface area is 247 Å². The summed E-state index contributed by atoms with van der Waals surface area (Å²) in [5.74, 6) is -1.28. The quantitative estimate of drug-likeness (QED) is 0.0705. The van der Waals surface area contributed by atoms with E-state index in [0.29, 0.717) is 15.6 Å². The number of halogens is 4. The van der Waals surface area contributed by atoms with E-state index in [0.717, 1.165) is 46.9 Å². The number of carbonyl (C=O) groups excluding carboxylic acids is 1. The van der Waals surface area contributed by atoms with Gasteiger partial charge < -0.3 is 10.4 Å². The smallest absolute Gasteiger partial charge is 0.442 e. The van der Waals surface area contributed by atoms with E-state index in [4.69, 9.17) is 0 Å². The van der Waals surface area contributed by atoms with Crippen LogP contribution in [0.3, 0.4) is 0 Å². The van der Waals surface area contributed by atoms with Crippen molar-refractivity contribution in [1.82, 2.24) is 0 Å². The zero-order valence-electron chi connectivity index (χ0n) is 21.4. The number of alkyl halides is 3. The molecule has 4 aromatic rings. The second-order valence-electron chi connectivity index (χ2n) is 8.74. The molecule has 0 aliphatic carbocycles. The average Bonchev–Trinajstić information content (AvgIpc) is 2.93. The molecule has 0 saturated carbocycles. The lowest BCUT2D eigenvalue weighted by Crippen LogP contribution is -2.25. The van der Waals surface area contributed by atoms with Crippen LogP contribution in [0.2, 0.25) is 0 Å². The van der Waals surface area contributed by atoms with Crippen molar-refractivity contribution in [1.29, 1.82) is 0 Å². The van der Waals surface area contributed by atoms with Gasteiger partial charge in [0.15, 0.2) is 0 Å². The van der Waals surface area contributed by atoms with E-state index in [2.05, 4.69) is 5.32 Å². The highest BCUT2D eigenvalue weighted by Crippen LogP contribution is 2.37. The number of phenols is 1. The molecule has 1 amide bonds. The van der Waals surface area contributed by atoms with Gasteiger partial charge in [0.1, 0.15) is 17.3 Å². The number of phenolic OH excluding ortho intramolecular Hbond substituents is 1. The summed E-state index contributed by atoms with van der Waals surface area (Å²) in [6.07, 6.45) is 0. The lowest BCUT2D eigenvalue weighted by Gasteiger charge is -2.22. The van der Waals surface area contributed by atoms with E-state index in [-0.39, 0.29) is 40.1 Å². The Hall–Kier alpha value is -3.72. The fourth-order valence-electron chi connectivity index (χ4n) is 3.71. The van der Waals surface area contributed by atoms with Crippen molar-refractivity contribution in [3.05, 3.63) is 114 Å². The molecule has 220 valence electrons. The first-order valence-corrected chi connectivity index (χ1v) is 15.3. The van der Waals surface area contributed by atoms with Crippen LogP contribution in [0.4, 0.5) is 34.6 Å². The lowest BCUT2D eigenvalue weighted by atomic mass is 10.2. The fourth-order valence-corrected chi connectivity index (χ4v) is 5.87. The molecule has 0 fully saturated rings. The Balaban J connectivity index is 1.41. The molecule has 0 saturated heterocycles. The molecule has 7 nitrogen and oxygen atoms in total. The molecule has 42 heavy (non-hydrogen) atoms. The number of rotatable bonds is 10. The highest BCUT2D eigenvalue weighted by atomic mass is 32.2. The van der Waals surface area contributed by atoms with Gasteiger partial charge in [-0.3, -0.25) is 9.35 Å². The third kappa shape index (κ3) is 8.64. The van der Waals surface area contributed by atoms with Gasteiger partial charge in [0.2, 0.25) is 0 Å². The Morgan fingerprint density at radius 1 is 0.857 bits per heavy atom. The summed E-state index contributed by atoms with van der Waals surface area (Å²) < 4.78 is 84.9. The SMILES string of the molecule is O=C(Nc1ccc(O)c(N(c2ccc(F)cc2)S(=O)(=O)O)c1)c1ccc(SCc2ccc(CSC(F)(F)F)cc2)cc1. The molecule has 0 spiro atoms. The van der Waals surface area contributed by atoms with Crippen molar-refractivity contribution in [2.75, 3.05) is 9.62 Å². The van der Waals surface area contributed by atoms with Gasteiger partial charge in [-0.15, -0.1) is 11.8 Å². The van der Waals surface area contributed by atoms with E-state index in [1.165, 1.54) is 17.8 Å². The zero-order chi connectivity index (χ0) is 30.5. The number of carbonyl (C=O) groups is 1. The summed E-state index contributed by atoms with van der Waals surface area (Å²) in [4.78, 5) is 13.7. The predicted octanol–water partition coefficient (Wildman–Crippen LogP) is 7.77. The number of benzene rings is 4. The summed E-state index contributed by atoms with van der Waals surface area (Å²) >= 11 is 1.39. The van der Waals surface area contributed by atoms with Gasteiger partial charge in [0.25, 0.3) is 5.91 Å². The molecule has 0 aromatic heterocycles. The molecule has 3 N–H and O–H groups in total. The average molecular weight is 639 g/mol. The maximum atomic E-state index is 13.4. The van der Waals surface area contributed by atoms with Crippen molar-refractivity contribution in [2.24, 2.45) is 0 Å². The maximum Gasteiger partial charge on any atom is 0.442 e. The van der Waals surface area contributed by atoms with Crippen LogP contribution in [0.25, 0.3) is 0 Å². The van der Waals surface area contributed by atoms with Gasteiger partial charge in [-0.1, -0.05) is 24.3 Å². The van der Waals surface area contributed by atoms with Crippen LogP contribution in [-0.4, -0.2) is 29.5 Å². The van der Waals surface area contributed by atoms with E-state index in [1.807, 2.05) is 0 Å². The van der Waals surface area contributed by atoms with Crippen LogP contribution in [0.1, 0.15) is 21.5 Å². The normalized spacial score (nSPS) is 11.7. The topological polar surface area (TPSA) is 107 Å². The van der Waals surface area contributed by atoms with Crippen molar-refractivity contribution >= 4 is 56.8 Å². The van der Waals surface area contributed by atoms with Gasteiger partial charge in [-0.25, -0.2) is 8.70 Å². The second kappa shape index (κ2) is 13.1. The minimum atomic E-state index is -4.95. The van der Waals surface area contributed by atoms with Crippen molar-refractivity contribution in [3.8, 4) is 5.75 Å². The first kappa shape index (κ1) is 31.2. The number of amides is 1. The van der Waals surface area contributed by atoms with E-state index < -0.39 is 33.3 Å². The fraction of sp³-hybridized carbons (Fsp3) is 0.107. The zero-order valence-corrected chi connectivity index (χ0v) is 23.8. The van der Waals surface area contributed by atoms with Crippen LogP contribution in [0.15, 0.2) is 95.9 Å². The van der Waals surface area contributed by atoms with Gasteiger partial charge in [0, 0.05) is 27.7 Å². The van der Waals surface area contributed by atoms with Gasteiger partial charge >= 0.3 is 15.8 Å². The largest absolute Gasteiger partial charge is 0.506 e. The third-order valence-electron chi connectivity index (χ3n) is 5.69. The Bertz CT molecular complexity index is 1650. The van der Waals surface area contributed by atoms with E-state index >= 15 is 0 Å². The number of nitrogens with one attached hydrogen (secondary N) is 1. The molecule has 4 aromatic carbocycles. The first-order chi connectivity index (χ1) is 19.8. The third-order valence-corrected chi connectivity index (χ3v) is 8.45. The van der Waals surface area contributed by atoms with Gasteiger partial charge in [0.05, 0.1) is 5.69 Å². The summed E-state index contributed by atoms with van der Waals surface area (Å²) in [6.45, 7) is 0. The van der Waals surface area contributed by atoms with Crippen LogP contribution in [0, 0.1) is 5.82 Å². The van der Waals surface area contributed by atoms with Crippen LogP contribution in [0.5, 0.6) is 5.75 Å². The van der Waals surface area contributed by atoms with Crippen molar-refractivity contribution in [2.45, 2.75) is 21.9 Å². The number of anilines is 3. The molecule has 0 bridgehead atoms. The molecular weight excluding hydrogens is 617 g/mol. The Morgan fingerprint density at radius 3 is 2.02 bits per heavy atom. The molecular formula is C28H22F4N2O5S3.